The van der Waals surface area contributed by atoms with Crippen LogP contribution in [0.3, 0.4) is 0 Å². The van der Waals surface area contributed by atoms with Gasteiger partial charge in [0.15, 0.2) is 0 Å². The Bertz CT molecular complexity index is 240. The van der Waals surface area contributed by atoms with Crippen molar-refractivity contribution in [1.29, 1.82) is 0 Å². The average Bonchev–Trinajstić information content (AvgIpc) is 2.37. The van der Waals surface area contributed by atoms with Crippen molar-refractivity contribution in [3.05, 3.63) is 0 Å². The maximum Gasteiger partial charge on any atom is 0.140 e. The predicted molar refractivity (Wildman–Crippen MR) is 68.4 cm³/mol. The Morgan fingerprint density at radius 3 is 2.47 bits per heavy atom. The Morgan fingerprint density at radius 2 is 1.94 bits per heavy atom. The number of aliphatic hydroxyl groups is 1. The van der Waals surface area contributed by atoms with E-state index in [1.54, 1.807) is 0 Å². The maximum absolute atomic E-state index is 12.2. The van der Waals surface area contributed by atoms with Crippen LogP contribution in [-0.2, 0) is 4.79 Å². The summed E-state index contributed by atoms with van der Waals surface area (Å²) < 4.78 is 0. The van der Waals surface area contributed by atoms with E-state index >= 15 is 0 Å². The van der Waals surface area contributed by atoms with Gasteiger partial charge in [0, 0.05) is 17.9 Å². The standard InChI is InChI=1S/C13H26N2O2/c1-9(12(15)11(16)7-8-14)13(17)10-5-3-2-4-6-10/h9-12,16H,2-8,14-15H2,1H3. The second kappa shape index (κ2) is 7.09. The Balaban J connectivity index is 2.49. The molecule has 0 aromatic rings. The highest BCUT2D eigenvalue weighted by Crippen LogP contribution is 2.27. The van der Waals surface area contributed by atoms with E-state index in [0.717, 1.165) is 25.7 Å². The molecule has 0 radical (unpaired) electrons. The number of ketones is 1. The number of hydrogen-bond acceptors (Lipinski definition) is 4. The quantitative estimate of drug-likeness (QED) is 0.643. The summed E-state index contributed by atoms with van der Waals surface area (Å²) in [4.78, 5) is 12.2. The largest absolute Gasteiger partial charge is 0.391 e. The fourth-order valence-corrected chi connectivity index (χ4v) is 2.65. The van der Waals surface area contributed by atoms with Crippen LogP contribution in [0.4, 0.5) is 0 Å². The third-order valence-corrected chi connectivity index (χ3v) is 3.94. The molecule has 3 atom stereocenters. The lowest BCUT2D eigenvalue weighted by Crippen LogP contribution is -2.45. The topological polar surface area (TPSA) is 89.3 Å². The van der Waals surface area contributed by atoms with Crippen LogP contribution < -0.4 is 11.5 Å². The van der Waals surface area contributed by atoms with Crippen LogP contribution in [0.1, 0.15) is 45.4 Å². The van der Waals surface area contributed by atoms with Gasteiger partial charge in [0.1, 0.15) is 5.78 Å². The highest BCUT2D eigenvalue weighted by atomic mass is 16.3. The molecule has 0 heterocycles. The number of rotatable bonds is 6. The summed E-state index contributed by atoms with van der Waals surface area (Å²) in [7, 11) is 0. The lowest BCUT2D eigenvalue weighted by atomic mass is 9.79. The molecule has 1 rings (SSSR count). The molecule has 1 aliphatic rings. The summed E-state index contributed by atoms with van der Waals surface area (Å²) in [6, 6.07) is -0.479. The van der Waals surface area contributed by atoms with Crippen LogP contribution >= 0.6 is 0 Å². The molecule has 3 unspecified atom stereocenters. The smallest absolute Gasteiger partial charge is 0.140 e. The molecule has 0 bridgehead atoms. The Labute approximate surface area is 104 Å². The molecule has 0 amide bonds. The summed E-state index contributed by atoms with van der Waals surface area (Å²) in [5.74, 6) is 0.128. The molecule has 0 spiro atoms. The number of carbonyl (C=O) groups is 1. The molecule has 0 aromatic heterocycles. The molecule has 1 fully saturated rings. The van der Waals surface area contributed by atoms with Crippen LogP contribution in [0.15, 0.2) is 0 Å². The fraction of sp³-hybridized carbons (Fsp3) is 0.923. The predicted octanol–water partition coefficient (Wildman–Crippen LogP) is 0.809. The summed E-state index contributed by atoms with van der Waals surface area (Å²) in [5, 5.41) is 9.78. The molecule has 1 saturated carbocycles. The van der Waals surface area contributed by atoms with Crippen LogP contribution in [0, 0.1) is 11.8 Å². The van der Waals surface area contributed by atoms with Crippen molar-refractivity contribution in [2.45, 2.75) is 57.6 Å². The van der Waals surface area contributed by atoms with Gasteiger partial charge in [-0.25, -0.2) is 0 Å². The summed E-state index contributed by atoms with van der Waals surface area (Å²) in [6.07, 6.45) is 5.30. The normalized spacial score (nSPS) is 23.1. The van der Waals surface area contributed by atoms with Gasteiger partial charge in [-0.15, -0.1) is 0 Å². The minimum absolute atomic E-state index is 0.162. The zero-order chi connectivity index (χ0) is 12.8. The Morgan fingerprint density at radius 1 is 1.35 bits per heavy atom. The van der Waals surface area contributed by atoms with Crippen LogP contribution in [0.2, 0.25) is 0 Å². The lowest BCUT2D eigenvalue weighted by Gasteiger charge is -2.28. The zero-order valence-electron chi connectivity index (χ0n) is 10.8. The van der Waals surface area contributed by atoms with E-state index in [0.29, 0.717) is 13.0 Å². The van der Waals surface area contributed by atoms with E-state index in [1.807, 2.05) is 6.92 Å². The molecule has 4 heteroatoms. The average molecular weight is 242 g/mol. The second-order valence-corrected chi connectivity index (χ2v) is 5.25. The molecule has 0 saturated heterocycles. The second-order valence-electron chi connectivity index (χ2n) is 5.25. The minimum Gasteiger partial charge on any atom is -0.391 e. The number of nitrogens with two attached hydrogens (primary N) is 2. The molecule has 0 aliphatic heterocycles. The van der Waals surface area contributed by atoms with Gasteiger partial charge in [0.25, 0.3) is 0 Å². The highest BCUT2D eigenvalue weighted by Gasteiger charge is 2.31. The molecule has 4 nitrogen and oxygen atoms in total. The van der Waals surface area contributed by atoms with Crippen molar-refractivity contribution < 1.29 is 9.90 Å². The first-order chi connectivity index (χ1) is 8.07. The number of carbonyl (C=O) groups excluding carboxylic acids is 1. The number of aliphatic hydroxyl groups excluding tert-OH is 1. The third-order valence-electron chi connectivity index (χ3n) is 3.94. The highest BCUT2D eigenvalue weighted by molar-refractivity contribution is 5.83. The van der Waals surface area contributed by atoms with Gasteiger partial charge < -0.3 is 16.6 Å². The Hall–Kier alpha value is -0.450. The minimum atomic E-state index is -0.664. The van der Waals surface area contributed by atoms with Gasteiger partial charge in [-0.1, -0.05) is 26.2 Å². The van der Waals surface area contributed by atoms with E-state index in [4.69, 9.17) is 11.5 Å². The summed E-state index contributed by atoms with van der Waals surface area (Å²) in [5.41, 5.74) is 11.3. The Kier molecular flexibility index (Phi) is 6.09. The molecular weight excluding hydrogens is 216 g/mol. The van der Waals surface area contributed by atoms with E-state index < -0.39 is 12.1 Å². The van der Waals surface area contributed by atoms with Crippen molar-refractivity contribution >= 4 is 5.78 Å². The zero-order valence-corrected chi connectivity index (χ0v) is 10.8. The summed E-state index contributed by atoms with van der Waals surface area (Å²) in [6.45, 7) is 2.24. The monoisotopic (exact) mass is 242 g/mol. The lowest BCUT2D eigenvalue weighted by molar-refractivity contribution is -0.128. The van der Waals surface area contributed by atoms with Crippen molar-refractivity contribution in [1.82, 2.24) is 0 Å². The first-order valence-electron chi connectivity index (χ1n) is 6.75. The van der Waals surface area contributed by atoms with Crippen molar-refractivity contribution in [2.75, 3.05) is 6.54 Å². The van der Waals surface area contributed by atoms with Gasteiger partial charge in [0.05, 0.1) is 6.10 Å². The first-order valence-corrected chi connectivity index (χ1v) is 6.75. The van der Waals surface area contributed by atoms with Gasteiger partial charge in [0.2, 0.25) is 0 Å². The van der Waals surface area contributed by atoms with Gasteiger partial charge in [-0.05, 0) is 25.8 Å². The molecule has 17 heavy (non-hydrogen) atoms. The van der Waals surface area contributed by atoms with E-state index in [1.165, 1.54) is 6.42 Å². The maximum atomic E-state index is 12.2. The van der Waals surface area contributed by atoms with E-state index in [2.05, 4.69) is 0 Å². The summed E-state index contributed by atoms with van der Waals surface area (Å²) >= 11 is 0. The molecule has 1 aliphatic carbocycles. The van der Waals surface area contributed by atoms with E-state index in [9.17, 15) is 9.90 Å². The molecule has 5 N–H and O–H groups in total. The molecule has 0 aromatic carbocycles. The number of hydrogen-bond donors (Lipinski definition) is 3. The third kappa shape index (κ3) is 4.05. The molecular formula is C13H26N2O2. The van der Waals surface area contributed by atoms with Crippen molar-refractivity contribution in [3.63, 3.8) is 0 Å². The van der Waals surface area contributed by atoms with Crippen LogP contribution in [-0.4, -0.2) is 29.6 Å². The first kappa shape index (κ1) is 14.6. The van der Waals surface area contributed by atoms with Gasteiger partial charge in [-0.3, -0.25) is 4.79 Å². The molecule has 100 valence electrons. The fourth-order valence-electron chi connectivity index (χ4n) is 2.65. The van der Waals surface area contributed by atoms with Gasteiger partial charge >= 0.3 is 0 Å². The SMILES string of the molecule is CC(C(=O)C1CCCCC1)C(N)C(O)CCN. The van der Waals surface area contributed by atoms with Crippen LogP contribution in [0.25, 0.3) is 0 Å². The van der Waals surface area contributed by atoms with Crippen molar-refractivity contribution in [2.24, 2.45) is 23.3 Å². The van der Waals surface area contributed by atoms with Crippen LogP contribution in [0.5, 0.6) is 0 Å². The van der Waals surface area contributed by atoms with Crippen molar-refractivity contribution in [3.8, 4) is 0 Å². The number of Topliss-reactive ketones (excluding diaryl/α,β-unsaturated/α-hetero) is 1. The van der Waals surface area contributed by atoms with Gasteiger partial charge in [-0.2, -0.15) is 0 Å². The van der Waals surface area contributed by atoms with E-state index in [-0.39, 0.29) is 17.6 Å².